The Kier molecular flexibility index (Phi) is 1.62. The molecule has 0 amide bonds. The standard InChI is InChI=1S/C10H15N4S/c1-2-10(15-3-1)14-7-11-4-12(8-14)6-13(5-11)9-14/h1-3H,4-9H2/q+1. The summed E-state index contributed by atoms with van der Waals surface area (Å²) in [5, 5.41) is 3.72. The van der Waals surface area contributed by atoms with Crippen LogP contribution >= 0.6 is 11.3 Å². The van der Waals surface area contributed by atoms with Gasteiger partial charge in [-0.25, -0.2) is 19.2 Å². The van der Waals surface area contributed by atoms with Gasteiger partial charge in [-0.05, 0) is 11.4 Å². The largest absolute Gasteiger partial charge is 0.245 e. The van der Waals surface area contributed by atoms with Crippen molar-refractivity contribution in [3.63, 3.8) is 0 Å². The fourth-order valence-corrected chi connectivity index (χ4v) is 4.13. The van der Waals surface area contributed by atoms with Crippen molar-refractivity contribution in [2.24, 2.45) is 0 Å². The highest BCUT2D eigenvalue weighted by molar-refractivity contribution is 7.13. The third-order valence-electron chi connectivity index (χ3n) is 3.59. The molecule has 1 aromatic rings. The zero-order valence-corrected chi connectivity index (χ0v) is 9.49. The SMILES string of the molecule is c1csc([N+]23CN4CN(CN(C4)C2)C3)c1. The second-order valence-corrected chi connectivity index (χ2v) is 5.88. The Bertz CT molecular complexity index is 339. The van der Waals surface area contributed by atoms with Gasteiger partial charge in [-0.1, -0.05) is 11.3 Å². The molecule has 0 N–H and O–H groups in total. The summed E-state index contributed by atoms with van der Waals surface area (Å²) in [6, 6.07) is 4.47. The molecule has 0 aromatic carbocycles. The maximum absolute atomic E-state index is 2.55. The smallest absolute Gasteiger partial charge is 0.191 e. The van der Waals surface area contributed by atoms with Gasteiger partial charge in [0.15, 0.2) is 5.00 Å². The molecule has 4 aliphatic rings. The van der Waals surface area contributed by atoms with E-state index in [1.807, 2.05) is 11.3 Å². The van der Waals surface area contributed by atoms with Crippen molar-refractivity contribution in [3.05, 3.63) is 17.5 Å². The first-order chi connectivity index (χ1) is 7.34. The molecule has 4 bridgehead atoms. The van der Waals surface area contributed by atoms with Gasteiger partial charge in [0, 0.05) is 6.07 Å². The van der Waals surface area contributed by atoms with E-state index in [4.69, 9.17) is 0 Å². The van der Waals surface area contributed by atoms with Crippen molar-refractivity contribution in [2.75, 3.05) is 40.0 Å². The number of hydrogen-bond donors (Lipinski definition) is 0. The highest BCUT2D eigenvalue weighted by atomic mass is 32.1. The average molecular weight is 223 g/mol. The molecule has 4 nitrogen and oxygen atoms in total. The van der Waals surface area contributed by atoms with Crippen molar-refractivity contribution < 1.29 is 0 Å². The van der Waals surface area contributed by atoms with E-state index in [1.54, 1.807) is 0 Å². The Balaban J connectivity index is 1.77. The number of nitrogens with zero attached hydrogens (tertiary/aromatic N) is 4. The molecule has 5 heteroatoms. The molecule has 5 rings (SSSR count). The first-order valence-electron chi connectivity index (χ1n) is 5.41. The second-order valence-electron chi connectivity index (χ2n) is 4.96. The lowest BCUT2D eigenvalue weighted by Crippen LogP contribution is -2.80. The summed E-state index contributed by atoms with van der Waals surface area (Å²) < 4.78 is 1.14. The van der Waals surface area contributed by atoms with Crippen molar-refractivity contribution >= 4 is 16.3 Å². The third kappa shape index (κ3) is 1.15. The highest BCUT2D eigenvalue weighted by Crippen LogP contribution is 2.37. The van der Waals surface area contributed by atoms with E-state index in [9.17, 15) is 0 Å². The molecule has 0 aliphatic carbocycles. The molecule has 15 heavy (non-hydrogen) atoms. The Morgan fingerprint density at radius 2 is 1.60 bits per heavy atom. The summed E-state index contributed by atoms with van der Waals surface area (Å²) in [4.78, 5) is 7.66. The lowest BCUT2D eigenvalue weighted by Gasteiger charge is -2.59. The Labute approximate surface area is 93.5 Å². The van der Waals surface area contributed by atoms with Gasteiger partial charge in [0.25, 0.3) is 0 Å². The summed E-state index contributed by atoms with van der Waals surface area (Å²) in [5.41, 5.74) is 0. The lowest BCUT2D eigenvalue weighted by atomic mass is 10.3. The molecule has 0 atom stereocenters. The number of thiophene rings is 1. The maximum atomic E-state index is 2.55. The Morgan fingerprint density at radius 1 is 1.00 bits per heavy atom. The van der Waals surface area contributed by atoms with Crippen LogP contribution < -0.4 is 4.48 Å². The minimum Gasteiger partial charge on any atom is -0.245 e. The summed E-state index contributed by atoms with van der Waals surface area (Å²) in [6.07, 6.45) is 0. The van der Waals surface area contributed by atoms with Crippen LogP contribution in [-0.4, -0.2) is 54.7 Å². The molecule has 80 valence electrons. The van der Waals surface area contributed by atoms with E-state index in [0.717, 1.165) is 4.48 Å². The molecule has 4 aliphatic heterocycles. The van der Waals surface area contributed by atoms with Crippen LogP contribution in [-0.2, 0) is 0 Å². The zero-order valence-electron chi connectivity index (χ0n) is 8.67. The lowest BCUT2D eigenvalue weighted by molar-refractivity contribution is -0.188. The van der Waals surface area contributed by atoms with Gasteiger partial charge in [-0.15, -0.1) is 0 Å². The fraction of sp³-hybridized carbons (Fsp3) is 0.600. The van der Waals surface area contributed by atoms with Gasteiger partial charge in [-0.2, -0.15) is 0 Å². The molecule has 0 radical (unpaired) electrons. The van der Waals surface area contributed by atoms with Gasteiger partial charge >= 0.3 is 0 Å². The molecule has 4 fully saturated rings. The topological polar surface area (TPSA) is 9.72 Å². The Morgan fingerprint density at radius 3 is 2.07 bits per heavy atom. The van der Waals surface area contributed by atoms with E-state index in [-0.39, 0.29) is 0 Å². The first-order valence-corrected chi connectivity index (χ1v) is 6.29. The summed E-state index contributed by atoms with van der Waals surface area (Å²) in [7, 11) is 0. The first kappa shape index (κ1) is 8.66. The minimum absolute atomic E-state index is 1.14. The summed E-state index contributed by atoms with van der Waals surface area (Å²) in [6.45, 7) is 7.11. The normalized spacial score (nSPS) is 47.3. The van der Waals surface area contributed by atoms with Crippen LogP contribution in [0.1, 0.15) is 0 Å². The average Bonchev–Trinajstić information content (AvgIpc) is 2.67. The van der Waals surface area contributed by atoms with Crippen molar-refractivity contribution in [1.29, 1.82) is 0 Å². The molecule has 0 saturated carbocycles. The van der Waals surface area contributed by atoms with Crippen LogP contribution in [0.25, 0.3) is 0 Å². The molecule has 5 heterocycles. The van der Waals surface area contributed by atoms with Crippen molar-refractivity contribution in [3.8, 4) is 0 Å². The number of rotatable bonds is 1. The molecular weight excluding hydrogens is 208 g/mol. The molecular formula is C10H15N4S+. The van der Waals surface area contributed by atoms with Gasteiger partial charge < -0.3 is 0 Å². The van der Waals surface area contributed by atoms with E-state index >= 15 is 0 Å². The van der Waals surface area contributed by atoms with E-state index in [2.05, 4.69) is 32.2 Å². The molecule has 4 saturated heterocycles. The molecule has 0 spiro atoms. The highest BCUT2D eigenvalue weighted by Gasteiger charge is 2.50. The van der Waals surface area contributed by atoms with Crippen molar-refractivity contribution in [1.82, 2.24) is 19.2 Å². The summed E-state index contributed by atoms with van der Waals surface area (Å²) in [5.74, 6) is 0. The fourth-order valence-electron chi connectivity index (χ4n) is 3.28. The molecule has 0 unspecified atom stereocenters. The quantitative estimate of drug-likeness (QED) is 0.650. The van der Waals surface area contributed by atoms with Crippen LogP contribution in [0, 0.1) is 0 Å². The van der Waals surface area contributed by atoms with E-state index in [0.29, 0.717) is 0 Å². The van der Waals surface area contributed by atoms with Crippen LogP contribution in [0.2, 0.25) is 0 Å². The minimum atomic E-state index is 1.14. The monoisotopic (exact) mass is 223 g/mol. The molecule has 1 aromatic heterocycles. The zero-order chi connectivity index (χ0) is 9.88. The van der Waals surface area contributed by atoms with Gasteiger partial charge in [-0.3, -0.25) is 0 Å². The van der Waals surface area contributed by atoms with Crippen LogP contribution in [0.5, 0.6) is 0 Å². The third-order valence-corrected chi connectivity index (χ3v) is 4.64. The second kappa shape index (κ2) is 2.81. The maximum Gasteiger partial charge on any atom is 0.191 e. The predicted octanol–water partition coefficient (Wildman–Crippen LogP) is 0.747. The Hall–Kier alpha value is -0.460. The van der Waals surface area contributed by atoms with Crippen LogP contribution in [0.4, 0.5) is 5.00 Å². The predicted molar refractivity (Wildman–Crippen MR) is 60.8 cm³/mol. The number of quaternary nitrogens is 1. The summed E-state index contributed by atoms with van der Waals surface area (Å²) >= 11 is 1.90. The van der Waals surface area contributed by atoms with Gasteiger partial charge in [0.05, 0.1) is 20.0 Å². The van der Waals surface area contributed by atoms with Crippen molar-refractivity contribution in [2.45, 2.75) is 0 Å². The van der Waals surface area contributed by atoms with Gasteiger partial charge in [0.2, 0.25) is 0 Å². The van der Waals surface area contributed by atoms with E-state index in [1.165, 1.54) is 45.0 Å². The van der Waals surface area contributed by atoms with E-state index < -0.39 is 0 Å². The van der Waals surface area contributed by atoms with Crippen LogP contribution in [0.3, 0.4) is 0 Å². The van der Waals surface area contributed by atoms with Crippen LogP contribution in [0.15, 0.2) is 17.5 Å². The number of hydrogen-bond acceptors (Lipinski definition) is 4. The van der Waals surface area contributed by atoms with Gasteiger partial charge in [0.1, 0.15) is 20.0 Å².